The first-order valence-electron chi connectivity index (χ1n) is 5.31. The summed E-state index contributed by atoms with van der Waals surface area (Å²) in [5.74, 6) is 0. The van der Waals surface area contributed by atoms with E-state index in [2.05, 4.69) is 38.2 Å². The van der Waals surface area contributed by atoms with Crippen LogP contribution in [0.25, 0.3) is 0 Å². The second-order valence-electron chi connectivity index (χ2n) is 4.01. The van der Waals surface area contributed by atoms with Crippen LogP contribution in [0.15, 0.2) is 22.9 Å². The van der Waals surface area contributed by atoms with Crippen LogP contribution >= 0.6 is 15.9 Å². The third kappa shape index (κ3) is 2.69. The minimum absolute atomic E-state index is 0.671. The molecular weight excluding hydrogens is 254 g/mol. The molecule has 2 heterocycles. The van der Waals surface area contributed by atoms with Crippen molar-refractivity contribution in [1.29, 1.82) is 0 Å². The summed E-state index contributed by atoms with van der Waals surface area (Å²) in [4.78, 5) is 6.46. The highest BCUT2D eigenvalue weighted by Crippen LogP contribution is 2.21. The number of rotatable bonds is 3. The number of hydrogen-bond acceptors (Lipinski definition) is 3. The first-order chi connectivity index (χ1) is 7.27. The quantitative estimate of drug-likeness (QED) is 0.913. The van der Waals surface area contributed by atoms with Crippen molar-refractivity contribution in [3.63, 3.8) is 0 Å². The van der Waals surface area contributed by atoms with Crippen molar-refractivity contribution in [3.8, 4) is 0 Å². The lowest BCUT2D eigenvalue weighted by molar-refractivity contribution is 0.322. The van der Waals surface area contributed by atoms with Gasteiger partial charge in [0.25, 0.3) is 0 Å². The molecule has 1 atom stereocenters. The zero-order valence-electron chi connectivity index (χ0n) is 8.91. The molecule has 1 fully saturated rings. The number of likely N-dealkylation sites (N-methyl/N-ethyl adjacent to an activating group) is 1. The first kappa shape index (κ1) is 10.9. The largest absolute Gasteiger partial charge is 0.382 e. The predicted octanol–water partition coefficient (Wildman–Crippen LogP) is 2.35. The molecule has 0 radical (unpaired) electrons. The van der Waals surface area contributed by atoms with Crippen LogP contribution in [0, 0.1) is 0 Å². The van der Waals surface area contributed by atoms with Crippen LogP contribution in [0.5, 0.6) is 0 Å². The summed E-state index contributed by atoms with van der Waals surface area (Å²) in [6.07, 6.45) is 6.25. The van der Waals surface area contributed by atoms with Crippen molar-refractivity contribution in [1.82, 2.24) is 9.88 Å². The summed E-state index contributed by atoms with van der Waals surface area (Å²) in [6, 6.07) is 2.67. The van der Waals surface area contributed by atoms with Gasteiger partial charge in [-0.2, -0.15) is 0 Å². The molecule has 1 unspecified atom stereocenters. The smallest absolute Gasteiger partial charge is 0.0590 e. The van der Waals surface area contributed by atoms with Gasteiger partial charge in [-0.25, -0.2) is 0 Å². The molecule has 1 aliphatic heterocycles. The second kappa shape index (κ2) is 4.94. The Morgan fingerprint density at radius 3 is 3.20 bits per heavy atom. The zero-order valence-corrected chi connectivity index (χ0v) is 10.5. The number of hydrogen-bond donors (Lipinski definition) is 1. The molecule has 0 saturated carbocycles. The number of nitrogens with one attached hydrogen (secondary N) is 1. The Hall–Kier alpha value is -0.610. The Morgan fingerprint density at radius 2 is 2.53 bits per heavy atom. The van der Waals surface area contributed by atoms with Crippen molar-refractivity contribution >= 4 is 21.6 Å². The number of aromatic nitrogens is 1. The number of pyridine rings is 1. The molecule has 15 heavy (non-hydrogen) atoms. The Bertz CT molecular complexity index is 329. The van der Waals surface area contributed by atoms with Crippen molar-refractivity contribution < 1.29 is 0 Å². The molecule has 3 nitrogen and oxygen atoms in total. The lowest BCUT2D eigenvalue weighted by Crippen LogP contribution is -2.31. The van der Waals surface area contributed by atoms with Crippen LogP contribution in [0.2, 0.25) is 0 Å². The summed E-state index contributed by atoms with van der Waals surface area (Å²) in [5.41, 5.74) is 1.13. The maximum Gasteiger partial charge on any atom is 0.0590 e. The van der Waals surface area contributed by atoms with Gasteiger partial charge in [-0.15, -0.1) is 0 Å². The SMILES string of the molecule is CN1CCCC1CNc1ccncc1Br. The van der Waals surface area contributed by atoms with Crippen molar-refractivity contribution in [2.45, 2.75) is 18.9 Å². The Kier molecular flexibility index (Phi) is 3.59. The van der Waals surface area contributed by atoms with Crippen LogP contribution in [-0.2, 0) is 0 Å². The van der Waals surface area contributed by atoms with E-state index in [1.165, 1.54) is 19.4 Å². The predicted molar refractivity (Wildman–Crippen MR) is 66.1 cm³/mol. The van der Waals surface area contributed by atoms with Gasteiger partial charge in [0.1, 0.15) is 0 Å². The van der Waals surface area contributed by atoms with Crippen molar-refractivity contribution in [3.05, 3.63) is 22.9 Å². The van der Waals surface area contributed by atoms with Crippen LogP contribution in [0.4, 0.5) is 5.69 Å². The molecule has 1 aliphatic rings. The fraction of sp³-hybridized carbons (Fsp3) is 0.545. The molecule has 4 heteroatoms. The van der Waals surface area contributed by atoms with Crippen LogP contribution in [0.1, 0.15) is 12.8 Å². The van der Waals surface area contributed by atoms with Crippen LogP contribution in [-0.4, -0.2) is 36.1 Å². The summed E-state index contributed by atoms with van der Waals surface area (Å²) < 4.78 is 1.03. The summed E-state index contributed by atoms with van der Waals surface area (Å²) in [7, 11) is 2.20. The molecular formula is C11H16BrN3. The van der Waals surface area contributed by atoms with Gasteiger partial charge in [0, 0.05) is 25.0 Å². The summed E-state index contributed by atoms with van der Waals surface area (Å²) >= 11 is 3.48. The standard InChI is InChI=1S/C11H16BrN3/c1-15-6-2-3-9(15)7-14-11-4-5-13-8-10(11)12/h4-5,8-9H,2-3,6-7H2,1H3,(H,13,14). The lowest BCUT2D eigenvalue weighted by atomic mass is 10.2. The van der Waals surface area contributed by atoms with E-state index < -0.39 is 0 Å². The Balaban J connectivity index is 1.90. The molecule has 0 aliphatic carbocycles. The molecule has 1 aromatic rings. The monoisotopic (exact) mass is 269 g/mol. The Labute approximate surface area is 99.0 Å². The molecule has 1 N–H and O–H groups in total. The lowest BCUT2D eigenvalue weighted by Gasteiger charge is -2.20. The molecule has 1 aromatic heterocycles. The number of halogens is 1. The highest BCUT2D eigenvalue weighted by molar-refractivity contribution is 9.10. The van der Waals surface area contributed by atoms with Gasteiger partial charge in [-0.3, -0.25) is 4.98 Å². The van der Waals surface area contributed by atoms with Gasteiger partial charge in [0.05, 0.1) is 10.2 Å². The van der Waals surface area contributed by atoms with E-state index in [0.717, 1.165) is 16.7 Å². The number of likely N-dealkylation sites (tertiary alicyclic amines) is 1. The molecule has 0 aromatic carbocycles. The first-order valence-corrected chi connectivity index (χ1v) is 6.10. The Morgan fingerprint density at radius 1 is 1.67 bits per heavy atom. The normalized spacial score (nSPS) is 21.9. The van der Waals surface area contributed by atoms with E-state index in [1.807, 2.05) is 18.5 Å². The molecule has 0 spiro atoms. The van der Waals surface area contributed by atoms with E-state index in [4.69, 9.17) is 0 Å². The van der Waals surface area contributed by atoms with Crippen molar-refractivity contribution in [2.24, 2.45) is 0 Å². The molecule has 2 rings (SSSR count). The minimum atomic E-state index is 0.671. The maximum atomic E-state index is 4.04. The maximum absolute atomic E-state index is 4.04. The van der Waals surface area contributed by atoms with Gasteiger partial charge in [-0.05, 0) is 48.4 Å². The van der Waals surface area contributed by atoms with Gasteiger partial charge < -0.3 is 10.2 Å². The van der Waals surface area contributed by atoms with Gasteiger partial charge in [-0.1, -0.05) is 0 Å². The zero-order chi connectivity index (χ0) is 10.7. The average Bonchev–Trinajstić information content (AvgIpc) is 2.63. The van der Waals surface area contributed by atoms with Gasteiger partial charge in [0.2, 0.25) is 0 Å². The van der Waals surface area contributed by atoms with Gasteiger partial charge in [0.15, 0.2) is 0 Å². The molecule has 0 bridgehead atoms. The molecule has 0 amide bonds. The second-order valence-corrected chi connectivity index (χ2v) is 4.87. The van der Waals surface area contributed by atoms with E-state index in [9.17, 15) is 0 Å². The highest BCUT2D eigenvalue weighted by atomic mass is 79.9. The fourth-order valence-corrected chi connectivity index (χ4v) is 2.37. The van der Waals surface area contributed by atoms with E-state index in [-0.39, 0.29) is 0 Å². The van der Waals surface area contributed by atoms with Crippen molar-refractivity contribution in [2.75, 3.05) is 25.5 Å². The molecule has 1 saturated heterocycles. The highest BCUT2D eigenvalue weighted by Gasteiger charge is 2.20. The average molecular weight is 270 g/mol. The van der Waals surface area contributed by atoms with E-state index >= 15 is 0 Å². The fourth-order valence-electron chi connectivity index (χ4n) is 1.98. The number of nitrogens with zero attached hydrogens (tertiary/aromatic N) is 2. The number of anilines is 1. The van der Waals surface area contributed by atoms with E-state index in [1.54, 1.807) is 0 Å². The van der Waals surface area contributed by atoms with Crippen LogP contribution in [0.3, 0.4) is 0 Å². The summed E-state index contributed by atoms with van der Waals surface area (Å²) in [6.45, 7) is 2.24. The van der Waals surface area contributed by atoms with Crippen LogP contribution < -0.4 is 5.32 Å². The third-order valence-electron chi connectivity index (χ3n) is 2.97. The molecule has 82 valence electrons. The third-order valence-corrected chi connectivity index (χ3v) is 3.60. The van der Waals surface area contributed by atoms with Gasteiger partial charge >= 0.3 is 0 Å². The summed E-state index contributed by atoms with van der Waals surface area (Å²) in [5, 5.41) is 3.46. The minimum Gasteiger partial charge on any atom is -0.382 e. The van der Waals surface area contributed by atoms with E-state index in [0.29, 0.717) is 6.04 Å². The topological polar surface area (TPSA) is 28.2 Å².